The van der Waals surface area contributed by atoms with Crippen LogP contribution in [0.15, 0.2) is 47.1 Å². The van der Waals surface area contributed by atoms with E-state index in [4.69, 9.17) is 4.74 Å². The highest BCUT2D eigenvalue weighted by molar-refractivity contribution is 5.93. The van der Waals surface area contributed by atoms with Gasteiger partial charge in [0.2, 0.25) is 0 Å². The molecule has 0 amide bonds. The summed E-state index contributed by atoms with van der Waals surface area (Å²) in [5.74, 6) is 3.33. The zero-order valence-electron chi connectivity index (χ0n) is 16.6. The molecular weight excluding hydrogens is 332 g/mol. The first-order valence-electron chi connectivity index (χ1n) is 10.7. The van der Waals surface area contributed by atoms with Crippen molar-refractivity contribution in [3.63, 3.8) is 0 Å². The molecule has 0 aromatic heterocycles. The molecule has 4 atom stereocenters. The molecule has 0 saturated heterocycles. The highest BCUT2D eigenvalue weighted by atomic mass is 16.5. The standard InChI is InChI=1S/C25H30O2/c1-25-13-3-4-23(25)21-11-7-17-14-18(26)8-12-20(17)24(21)22(15-25)16-5-9-19(27-2)10-6-16/h5-6,9-10,14,21-23H,3-4,7-8,11-13,15H2,1-2H3/t21-,22+,23-,25-/m0/s1. The van der Waals surface area contributed by atoms with Gasteiger partial charge in [-0.05, 0) is 90.7 Å². The van der Waals surface area contributed by atoms with Crippen molar-refractivity contribution in [3.8, 4) is 5.75 Å². The maximum atomic E-state index is 12.0. The molecule has 0 radical (unpaired) electrons. The van der Waals surface area contributed by atoms with Crippen LogP contribution in [0, 0.1) is 17.3 Å². The van der Waals surface area contributed by atoms with E-state index in [1.807, 2.05) is 6.08 Å². The molecule has 1 aromatic carbocycles. The lowest BCUT2D eigenvalue weighted by Gasteiger charge is -2.51. The fourth-order valence-electron chi connectivity index (χ4n) is 6.80. The van der Waals surface area contributed by atoms with Gasteiger partial charge in [-0.15, -0.1) is 0 Å². The fourth-order valence-corrected chi connectivity index (χ4v) is 6.80. The van der Waals surface area contributed by atoms with Crippen molar-refractivity contribution in [1.29, 1.82) is 0 Å². The number of fused-ring (bicyclic) bond motifs is 4. The molecule has 0 unspecified atom stereocenters. The van der Waals surface area contributed by atoms with E-state index in [1.54, 1.807) is 18.3 Å². The molecule has 0 aliphatic heterocycles. The second kappa shape index (κ2) is 6.36. The molecule has 4 aliphatic carbocycles. The Balaban J connectivity index is 1.65. The second-order valence-corrected chi connectivity index (χ2v) is 9.40. The van der Waals surface area contributed by atoms with Gasteiger partial charge < -0.3 is 4.74 Å². The van der Waals surface area contributed by atoms with E-state index in [0.717, 1.165) is 30.4 Å². The first-order valence-corrected chi connectivity index (χ1v) is 10.7. The zero-order chi connectivity index (χ0) is 18.6. The SMILES string of the molecule is COc1ccc([C@H]2C[C@]3(C)CCC[C@H]3[C@@H]3CCC4=CC(=O)CCC4=C32)cc1. The van der Waals surface area contributed by atoms with Gasteiger partial charge in [0.05, 0.1) is 7.11 Å². The number of hydrogen-bond acceptors (Lipinski definition) is 2. The number of allylic oxidation sites excluding steroid dienone is 4. The van der Waals surface area contributed by atoms with E-state index < -0.39 is 0 Å². The van der Waals surface area contributed by atoms with Gasteiger partial charge in [-0.1, -0.05) is 31.1 Å². The van der Waals surface area contributed by atoms with Crippen LogP contribution in [0.2, 0.25) is 0 Å². The van der Waals surface area contributed by atoms with Crippen molar-refractivity contribution >= 4 is 5.78 Å². The Hall–Kier alpha value is -1.83. The van der Waals surface area contributed by atoms with Crippen LogP contribution < -0.4 is 4.74 Å². The van der Waals surface area contributed by atoms with Crippen LogP contribution in [0.1, 0.15) is 69.8 Å². The van der Waals surface area contributed by atoms with E-state index in [2.05, 4.69) is 31.2 Å². The van der Waals surface area contributed by atoms with Crippen LogP contribution in [0.4, 0.5) is 0 Å². The van der Waals surface area contributed by atoms with Gasteiger partial charge >= 0.3 is 0 Å². The number of methoxy groups -OCH3 is 1. The number of carbonyl (C=O) groups is 1. The zero-order valence-corrected chi connectivity index (χ0v) is 16.6. The predicted octanol–water partition coefficient (Wildman–Crippen LogP) is 5.98. The van der Waals surface area contributed by atoms with Gasteiger partial charge in [-0.3, -0.25) is 4.79 Å². The maximum absolute atomic E-state index is 12.0. The molecule has 0 bridgehead atoms. The fraction of sp³-hybridized carbons (Fsp3) is 0.560. The van der Waals surface area contributed by atoms with Crippen LogP contribution in [-0.2, 0) is 4.79 Å². The summed E-state index contributed by atoms with van der Waals surface area (Å²) < 4.78 is 5.39. The molecule has 0 spiro atoms. The normalized spacial score (nSPS) is 35.3. The summed E-state index contributed by atoms with van der Waals surface area (Å²) in [5.41, 5.74) is 6.53. The topological polar surface area (TPSA) is 26.3 Å². The van der Waals surface area contributed by atoms with Gasteiger partial charge in [-0.2, -0.15) is 0 Å². The second-order valence-electron chi connectivity index (χ2n) is 9.40. The summed E-state index contributed by atoms with van der Waals surface area (Å²) in [5, 5.41) is 0. The summed E-state index contributed by atoms with van der Waals surface area (Å²) in [6, 6.07) is 8.78. The van der Waals surface area contributed by atoms with Gasteiger partial charge in [0.15, 0.2) is 5.78 Å². The van der Waals surface area contributed by atoms with Gasteiger partial charge in [-0.25, -0.2) is 0 Å². The molecule has 5 rings (SSSR count). The summed E-state index contributed by atoms with van der Waals surface area (Å²) in [7, 11) is 1.73. The third-order valence-corrected chi connectivity index (χ3v) is 8.02. The van der Waals surface area contributed by atoms with Crippen LogP contribution >= 0.6 is 0 Å². The monoisotopic (exact) mass is 362 g/mol. The molecule has 0 heterocycles. The van der Waals surface area contributed by atoms with Crippen LogP contribution in [0.25, 0.3) is 0 Å². The minimum absolute atomic E-state index is 0.329. The van der Waals surface area contributed by atoms with Crippen LogP contribution in [0.3, 0.4) is 0 Å². The summed E-state index contributed by atoms with van der Waals surface area (Å²) in [6.07, 6.45) is 11.4. The van der Waals surface area contributed by atoms with Crippen LogP contribution in [0.5, 0.6) is 5.75 Å². The quantitative estimate of drug-likeness (QED) is 0.646. The molecule has 2 fully saturated rings. The number of hydrogen-bond donors (Lipinski definition) is 0. The first-order chi connectivity index (χ1) is 13.1. The number of rotatable bonds is 2. The molecular formula is C25H30O2. The lowest BCUT2D eigenvalue weighted by atomic mass is 9.53. The third kappa shape index (κ3) is 2.71. The predicted molar refractivity (Wildman–Crippen MR) is 108 cm³/mol. The van der Waals surface area contributed by atoms with Gasteiger partial charge in [0.1, 0.15) is 5.75 Å². The highest BCUT2D eigenvalue weighted by Crippen LogP contribution is 2.63. The van der Waals surface area contributed by atoms with Crippen LogP contribution in [-0.4, -0.2) is 12.9 Å². The molecule has 27 heavy (non-hydrogen) atoms. The molecule has 2 nitrogen and oxygen atoms in total. The largest absolute Gasteiger partial charge is 0.497 e. The average Bonchev–Trinajstić information content (AvgIpc) is 3.08. The van der Waals surface area contributed by atoms with E-state index in [1.165, 1.54) is 43.2 Å². The number of benzene rings is 1. The minimum atomic E-state index is 0.329. The Morgan fingerprint density at radius 2 is 1.89 bits per heavy atom. The van der Waals surface area contributed by atoms with Crippen molar-refractivity contribution in [1.82, 2.24) is 0 Å². The number of ether oxygens (including phenoxy) is 1. The van der Waals surface area contributed by atoms with E-state index in [-0.39, 0.29) is 0 Å². The Kier molecular flexibility index (Phi) is 4.07. The molecule has 142 valence electrons. The lowest BCUT2D eigenvalue weighted by Crippen LogP contribution is -2.40. The average molecular weight is 363 g/mol. The van der Waals surface area contributed by atoms with Crippen molar-refractivity contribution in [3.05, 3.63) is 52.6 Å². The molecule has 0 N–H and O–H groups in total. The molecule has 4 aliphatic rings. The van der Waals surface area contributed by atoms with E-state index >= 15 is 0 Å². The lowest BCUT2D eigenvalue weighted by molar-refractivity contribution is -0.114. The summed E-state index contributed by atoms with van der Waals surface area (Å²) >= 11 is 0. The Morgan fingerprint density at radius 3 is 2.67 bits per heavy atom. The van der Waals surface area contributed by atoms with E-state index in [0.29, 0.717) is 23.5 Å². The first kappa shape index (κ1) is 17.3. The van der Waals surface area contributed by atoms with Crippen molar-refractivity contribution in [2.45, 2.75) is 64.2 Å². The highest BCUT2D eigenvalue weighted by Gasteiger charge is 2.52. The summed E-state index contributed by atoms with van der Waals surface area (Å²) in [6.45, 7) is 2.55. The molecule has 1 aromatic rings. The van der Waals surface area contributed by atoms with Crippen molar-refractivity contribution in [2.24, 2.45) is 17.3 Å². The third-order valence-electron chi connectivity index (χ3n) is 8.02. The van der Waals surface area contributed by atoms with E-state index in [9.17, 15) is 4.79 Å². The van der Waals surface area contributed by atoms with Crippen molar-refractivity contribution in [2.75, 3.05) is 7.11 Å². The Labute approximate surface area is 162 Å². The Bertz CT molecular complexity index is 828. The Morgan fingerprint density at radius 1 is 1.07 bits per heavy atom. The summed E-state index contributed by atoms with van der Waals surface area (Å²) in [4.78, 5) is 12.0. The van der Waals surface area contributed by atoms with Gasteiger partial charge in [0, 0.05) is 12.3 Å². The minimum Gasteiger partial charge on any atom is -0.497 e. The number of ketones is 1. The smallest absolute Gasteiger partial charge is 0.156 e. The molecule has 2 saturated carbocycles. The number of carbonyl (C=O) groups excluding carboxylic acids is 1. The maximum Gasteiger partial charge on any atom is 0.156 e. The van der Waals surface area contributed by atoms with Crippen molar-refractivity contribution < 1.29 is 9.53 Å². The van der Waals surface area contributed by atoms with Gasteiger partial charge in [0.25, 0.3) is 0 Å². The molecule has 2 heteroatoms.